The zero-order chi connectivity index (χ0) is 24.0. The minimum Gasteiger partial charge on any atom is -0.450 e. The Kier molecular flexibility index (Phi) is 7.83. The van der Waals surface area contributed by atoms with Gasteiger partial charge in [-0.15, -0.1) is 0 Å². The maximum Gasteiger partial charge on any atom is 0.407 e. The van der Waals surface area contributed by atoms with E-state index in [1.807, 2.05) is 31.3 Å². The molecule has 1 saturated heterocycles. The van der Waals surface area contributed by atoms with E-state index >= 15 is 0 Å². The third-order valence-corrected chi connectivity index (χ3v) is 5.86. The average Bonchev–Trinajstić information content (AvgIpc) is 2.81. The van der Waals surface area contributed by atoms with Crippen LogP contribution in [0.25, 0.3) is 5.70 Å². The molecular formula is C23H32N6O4. The van der Waals surface area contributed by atoms with Gasteiger partial charge in [0.25, 0.3) is 5.91 Å². The van der Waals surface area contributed by atoms with Crippen molar-refractivity contribution in [1.82, 2.24) is 20.4 Å². The fourth-order valence-corrected chi connectivity index (χ4v) is 3.85. The number of benzene rings is 1. The smallest absolute Gasteiger partial charge is 0.407 e. The molecular weight excluding hydrogens is 424 g/mol. The summed E-state index contributed by atoms with van der Waals surface area (Å²) in [6.45, 7) is 4.01. The van der Waals surface area contributed by atoms with Crippen molar-refractivity contribution in [2.24, 2.45) is 4.99 Å². The van der Waals surface area contributed by atoms with Crippen LogP contribution in [-0.2, 0) is 16.1 Å². The number of rotatable bonds is 7. The van der Waals surface area contributed by atoms with Crippen LogP contribution in [0.1, 0.15) is 30.9 Å². The maximum atomic E-state index is 12.9. The van der Waals surface area contributed by atoms with Gasteiger partial charge in [-0.2, -0.15) is 0 Å². The molecule has 0 bridgehead atoms. The Morgan fingerprint density at radius 3 is 2.55 bits per heavy atom. The van der Waals surface area contributed by atoms with Crippen LogP contribution in [0.15, 0.2) is 35.0 Å². The van der Waals surface area contributed by atoms with Gasteiger partial charge < -0.3 is 25.4 Å². The molecule has 0 atom stereocenters. The highest BCUT2D eigenvalue weighted by atomic mass is 16.5. The van der Waals surface area contributed by atoms with E-state index in [2.05, 4.69) is 20.5 Å². The molecule has 178 valence electrons. The molecule has 1 fully saturated rings. The van der Waals surface area contributed by atoms with E-state index in [1.54, 1.807) is 14.0 Å². The lowest BCUT2D eigenvalue weighted by atomic mass is 9.91. The Morgan fingerprint density at radius 2 is 1.94 bits per heavy atom. The molecule has 1 aromatic carbocycles. The van der Waals surface area contributed by atoms with Crippen molar-refractivity contribution in [3.8, 4) is 0 Å². The van der Waals surface area contributed by atoms with Crippen molar-refractivity contribution < 1.29 is 19.4 Å². The first-order valence-corrected chi connectivity index (χ1v) is 11.0. The first kappa shape index (κ1) is 24.4. The molecule has 33 heavy (non-hydrogen) atoms. The largest absolute Gasteiger partial charge is 0.450 e. The highest BCUT2D eigenvalue weighted by Gasteiger charge is 2.37. The number of aliphatic hydroxyl groups is 1. The Morgan fingerprint density at radius 1 is 1.27 bits per heavy atom. The van der Waals surface area contributed by atoms with E-state index in [9.17, 15) is 14.7 Å². The van der Waals surface area contributed by atoms with Crippen LogP contribution in [0.3, 0.4) is 0 Å². The number of nitrogens with one attached hydrogen (secondary N) is 3. The van der Waals surface area contributed by atoms with E-state index < -0.39 is 17.6 Å². The SMILES string of the molecule is CCOC(=O)NCc1ccc(/C(NC)=C2\N=CN(CC3(O)CCN(C)CC3)C(=O)C2=N)cc1. The summed E-state index contributed by atoms with van der Waals surface area (Å²) in [5.41, 5.74) is 1.22. The number of amides is 2. The second-order valence-corrected chi connectivity index (χ2v) is 8.32. The van der Waals surface area contributed by atoms with Gasteiger partial charge >= 0.3 is 6.09 Å². The number of likely N-dealkylation sites (tertiary alicyclic amines) is 1. The number of β-amino-alcohol motifs (C(OH)–C–C–N with tert-alkyl or cyclic N) is 1. The van der Waals surface area contributed by atoms with Crippen LogP contribution in [0.5, 0.6) is 0 Å². The van der Waals surface area contributed by atoms with Crippen molar-refractivity contribution >= 4 is 29.7 Å². The predicted octanol–water partition coefficient (Wildman–Crippen LogP) is 1.17. The van der Waals surface area contributed by atoms with Crippen LogP contribution in [0.2, 0.25) is 0 Å². The van der Waals surface area contributed by atoms with Gasteiger partial charge in [-0.3, -0.25) is 15.1 Å². The van der Waals surface area contributed by atoms with E-state index in [-0.39, 0.29) is 18.0 Å². The molecule has 0 unspecified atom stereocenters. The molecule has 1 aromatic rings. The van der Waals surface area contributed by atoms with E-state index in [4.69, 9.17) is 10.1 Å². The van der Waals surface area contributed by atoms with Gasteiger partial charge in [0.2, 0.25) is 0 Å². The van der Waals surface area contributed by atoms with Crippen molar-refractivity contribution in [3.05, 3.63) is 41.1 Å². The minimum absolute atomic E-state index is 0.121. The van der Waals surface area contributed by atoms with E-state index in [0.717, 1.165) is 24.2 Å². The summed E-state index contributed by atoms with van der Waals surface area (Å²) in [5, 5.41) is 25.0. The number of ether oxygens (including phenoxy) is 1. The summed E-state index contributed by atoms with van der Waals surface area (Å²) >= 11 is 0. The lowest BCUT2D eigenvalue weighted by Crippen LogP contribution is -2.53. The number of carbonyl (C=O) groups is 2. The monoisotopic (exact) mass is 456 g/mol. The van der Waals surface area contributed by atoms with Crippen molar-refractivity contribution in [3.63, 3.8) is 0 Å². The summed E-state index contributed by atoms with van der Waals surface area (Å²) in [6, 6.07) is 7.36. The molecule has 4 N–H and O–H groups in total. The van der Waals surface area contributed by atoms with Crippen LogP contribution in [0.4, 0.5) is 4.79 Å². The molecule has 2 amide bonds. The fourth-order valence-electron chi connectivity index (χ4n) is 3.85. The number of aliphatic imine (C=N–C) groups is 1. The Hall–Kier alpha value is -3.24. The molecule has 0 saturated carbocycles. The molecule has 0 aromatic heterocycles. The van der Waals surface area contributed by atoms with Crippen LogP contribution in [0, 0.1) is 5.41 Å². The highest BCUT2D eigenvalue weighted by Crippen LogP contribution is 2.25. The third-order valence-electron chi connectivity index (χ3n) is 5.86. The van der Waals surface area contributed by atoms with Crippen LogP contribution in [-0.4, -0.2) is 84.9 Å². The maximum absolute atomic E-state index is 12.9. The number of hydrogen-bond donors (Lipinski definition) is 4. The standard InChI is InChI=1S/C23H32N6O4/c1-4-33-22(31)26-13-16-5-7-17(8-6-16)19(25-2)20-18(24)21(30)29(15-27-20)14-23(32)9-11-28(3)12-10-23/h5-8,15,24-25,32H,4,9-14H2,1-3H3,(H,26,31)/b20-19+,24-18?. The summed E-state index contributed by atoms with van der Waals surface area (Å²) in [4.78, 5) is 32.2. The van der Waals surface area contributed by atoms with Crippen LogP contribution >= 0.6 is 0 Å². The average molecular weight is 457 g/mol. The molecule has 2 aliphatic heterocycles. The quantitative estimate of drug-likeness (QED) is 0.487. The zero-order valence-corrected chi connectivity index (χ0v) is 19.4. The Balaban J connectivity index is 1.74. The molecule has 10 nitrogen and oxygen atoms in total. The number of hydrogen-bond acceptors (Lipinski definition) is 8. The van der Waals surface area contributed by atoms with E-state index in [1.165, 1.54) is 11.2 Å². The number of alkyl carbamates (subject to hydrolysis) is 1. The second kappa shape index (κ2) is 10.6. The first-order chi connectivity index (χ1) is 15.8. The zero-order valence-electron chi connectivity index (χ0n) is 19.4. The minimum atomic E-state index is -0.977. The predicted molar refractivity (Wildman–Crippen MR) is 126 cm³/mol. The Labute approximate surface area is 193 Å². The number of nitrogens with zero attached hydrogens (tertiary/aromatic N) is 3. The van der Waals surface area contributed by atoms with Crippen molar-refractivity contribution in [2.75, 3.05) is 40.3 Å². The number of carbonyl (C=O) groups excluding carboxylic acids is 2. The van der Waals surface area contributed by atoms with Crippen molar-refractivity contribution in [1.29, 1.82) is 5.41 Å². The molecule has 0 radical (unpaired) electrons. The van der Waals surface area contributed by atoms with Gasteiger partial charge in [-0.05, 0) is 37.9 Å². The van der Waals surface area contributed by atoms with Gasteiger partial charge in [0.1, 0.15) is 11.4 Å². The lowest BCUT2D eigenvalue weighted by molar-refractivity contribution is -0.124. The van der Waals surface area contributed by atoms with Gasteiger partial charge in [0.15, 0.2) is 0 Å². The topological polar surface area (TPSA) is 130 Å². The summed E-state index contributed by atoms with van der Waals surface area (Å²) in [5.74, 6) is -0.490. The lowest BCUT2D eigenvalue weighted by Gasteiger charge is -2.39. The molecule has 0 aliphatic carbocycles. The normalized spacial score (nSPS) is 19.9. The number of piperidine rings is 1. The highest BCUT2D eigenvalue weighted by molar-refractivity contribution is 6.47. The Bertz CT molecular complexity index is 948. The molecule has 10 heteroatoms. The van der Waals surface area contributed by atoms with Crippen molar-refractivity contribution in [2.45, 2.75) is 31.9 Å². The summed E-state index contributed by atoms with van der Waals surface area (Å²) in [7, 11) is 3.71. The van der Waals surface area contributed by atoms with Gasteiger partial charge in [-0.1, -0.05) is 24.3 Å². The van der Waals surface area contributed by atoms with Gasteiger partial charge in [0.05, 0.1) is 30.8 Å². The summed E-state index contributed by atoms with van der Waals surface area (Å²) in [6.07, 6.45) is 2.06. The summed E-state index contributed by atoms with van der Waals surface area (Å²) < 4.78 is 4.85. The van der Waals surface area contributed by atoms with Gasteiger partial charge in [-0.25, -0.2) is 9.79 Å². The fraction of sp³-hybridized carbons (Fsp3) is 0.478. The molecule has 2 heterocycles. The first-order valence-electron chi connectivity index (χ1n) is 11.0. The molecule has 2 aliphatic rings. The van der Waals surface area contributed by atoms with Gasteiger partial charge in [0, 0.05) is 26.7 Å². The third kappa shape index (κ3) is 5.96. The second-order valence-electron chi connectivity index (χ2n) is 8.32. The molecule has 3 rings (SSSR count). The van der Waals surface area contributed by atoms with E-state index in [0.29, 0.717) is 31.7 Å². The van der Waals surface area contributed by atoms with Crippen LogP contribution < -0.4 is 10.6 Å². The molecule has 0 spiro atoms.